The van der Waals surface area contributed by atoms with E-state index in [1.54, 1.807) is 0 Å². The molecule has 0 saturated carbocycles. The maximum Gasteiger partial charge on any atom is 0.338 e. The molecule has 0 bridgehead atoms. The number of carbonyl (C=O) groups is 1. The van der Waals surface area contributed by atoms with Gasteiger partial charge in [0.25, 0.3) is 5.69 Å². The lowest BCUT2D eigenvalue weighted by Gasteiger charge is -2.08. The van der Waals surface area contributed by atoms with Gasteiger partial charge in [0.1, 0.15) is 11.2 Å². The number of pyridine rings is 1. The third-order valence-corrected chi connectivity index (χ3v) is 4.01. The number of nitro groups is 1. The third-order valence-electron chi connectivity index (χ3n) is 2.83. The molecule has 6 nitrogen and oxygen atoms in total. The Kier molecular flexibility index (Phi) is 4.23. The molecule has 0 saturated heterocycles. The predicted molar refractivity (Wildman–Crippen MR) is 77.9 cm³/mol. The summed E-state index contributed by atoms with van der Waals surface area (Å²) < 4.78 is 0. The Hall–Kier alpha value is -2.41. The van der Waals surface area contributed by atoms with Gasteiger partial charge in [-0.05, 0) is 31.0 Å². The number of nitrogens with zero attached hydrogens (tertiary/aromatic N) is 2. The molecule has 7 heteroatoms. The second kappa shape index (κ2) is 5.92. The van der Waals surface area contributed by atoms with E-state index >= 15 is 0 Å². The van der Waals surface area contributed by atoms with Crippen LogP contribution in [0, 0.1) is 24.0 Å². The maximum atomic E-state index is 11.3. The molecule has 108 valence electrons. The average Bonchev–Trinajstić information content (AvgIpc) is 2.42. The molecule has 1 aromatic carbocycles. The van der Waals surface area contributed by atoms with Gasteiger partial charge in [0.15, 0.2) is 0 Å². The van der Waals surface area contributed by atoms with Crippen molar-refractivity contribution < 1.29 is 14.8 Å². The van der Waals surface area contributed by atoms with E-state index in [0.29, 0.717) is 0 Å². The fourth-order valence-electron chi connectivity index (χ4n) is 1.70. The van der Waals surface area contributed by atoms with Crippen molar-refractivity contribution in [2.24, 2.45) is 0 Å². The number of hydrogen-bond acceptors (Lipinski definition) is 5. The molecule has 0 atom stereocenters. The van der Waals surface area contributed by atoms with Gasteiger partial charge in [-0.2, -0.15) is 0 Å². The summed E-state index contributed by atoms with van der Waals surface area (Å²) in [5.74, 6) is -1.24. The molecule has 2 rings (SSSR count). The van der Waals surface area contributed by atoms with Crippen LogP contribution in [-0.2, 0) is 0 Å². The van der Waals surface area contributed by atoms with Crippen molar-refractivity contribution in [2.75, 3.05) is 0 Å². The lowest BCUT2D eigenvalue weighted by Crippen LogP contribution is -2.03. The Bertz CT molecular complexity index is 731. The first-order valence-electron chi connectivity index (χ1n) is 6.01. The normalized spacial score (nSPS) is 10.4. The lowest BCUT2D eigenvalue weighted by atomic mass is 10.2. The summed E-state index contributed by atoms with van der Waals surface area (Å²) in [6, 6.07) is 6.85. The molecule has 1 N–H and O–H groups in total. The topological polar surface area (TPSA) is 93.3 Å². The number of benzene rings is 1. The van der Waals surface area contributed by atoms with Gasteiger partial charge in [0.2, 0.25) is 0 Å². The smallest absolute Gasteiger partial charge is 0.338 e. The number of aromatic carboxylic acids is 1. The summed E-state index contributed by atoms with van der Waals surface area (Å²) >= 11 is 1.19. The SMILES string of the molecule is Cc1ccc(C)c(Sc2ncc([N+](=O)[O-])cc2C(=O)O)c1. The van der Waals surface area contributed by atoms with E-state index in [1.807, 2.05) is 32.0 Å². The third kappa shape index (κ3) is 3.38. The standard InChI is InChI=1S/C14H12N2O4S/c1-8-3-4-9(2)12(5-8)21-13-11(14(17)18)6-10(7-15-13)16(19)20/h3-7H,1-2H3,(H,17,18). The molecular formula is C14H12N2O4S. The zero-order valence-corrected chi connectivity index (χ0v) is 12.2. The Balaban J connectivity index is 2.46. The van der Waals surface area contributed by atoms with Crippen molar-refractivity contribution in [1.82, 2.24) is 4.98 Å². The van der Waals surface area contributed by atoms with Crippen molar-refractivity contribution in [2.45, 2.75) is 23.8 Å². The van der Waals surface area contributed by atoms with E-state index in [4.69, 9.17) is 0 Å². The quantitative estimate of drug-likeness (QED) is 0.686. The zero-order valence-electron chi connectivity index (χ0n) is 11.4. The summed E-state index contributed by atoms with van der Waals surface area (Å²) in [6.45, 7) is 3.85. The van der Waals surface area contributed by atoms with Gasteiger partial charge in [0.05, 0.1) is 10.5 Å². The Morgan fingerprint density at radius 2 is 2.05 bits per heavy atom. The second-order valence-electron chi connectivity index (χ2n) is 4.48. The van der Waals surface area contributed by atoms with Crippen LogP contribution in [0.3, 0.4) is 0 Å². The molecule has 1 aromatic heterocycles. The molecule has 0 spiro atoms. The van der Waals surface area contributed by atoms with Crippen molar-refractivity contribution in [1.29, 1.82) is 0 Å². The molecule has 0 aliphatic heterocycles. The van der Waals surface area contributed by atoms with Crippen LogP contribution in [0.1, 0.15) is 21.5 Å². The van der Waals surface area contributed by atoms with E-state index in [-0.39, 0.29) is 16.3 Å². The molecule has 0 radical (unpaired) electrons. The molecule has 1 heterocycles. The maximum absolute atomic E-state index is 11.3. The molecular weight excluding hydrogens is 292 g/mol. The molecule has 21 heavy (non-hydrogen) atoms. The van der Waals surface area contributed by atoms with Gasteiger partial charge < -0.3 is 5.11 Å². The second-order valence-corrected chi connectivity index (χ2v) is 5.51. The van der Waals surface area contributed by atoms with E-state index in [9.17, 15) is 20.0 Å². The first-order valence-corrected chi connectivity index (χ1v) is 6.83. The summed E-state index contributed by atoms with van der Waals surface area (Å²) in [7, 11) is 0. The van der Waals surface area contributed by atoms with Gasteiger partial charge in [-0.3, -0.25) is 10.1 Å². The minimum absolute atomic E-state index is 0.171. The zero-order chi connectivity index (χ0) is 15.6. The van der Waals surface area contributed by atoms with Crippen LogP contribution in [0.5, 0.6) is 0 Å². The van der Waals surface area contributed by atoms with Crippen molar-refractivity contribution in [3.05, 3.63) is 57.3 Å². The number of aryl methyl sites for hydroxylation is 2. The number of carboxylic acids is 1. The first kappa shape index (κ1) is 15.0. The molecule has 0 fully saturated rings. The van der Waals surface area contributed by atoms with Crippen LogP contribution in [0.2, 0.25) is 0 Å². The van der Waals surface area contributed by atoms with Gasteiger partial charge in [-0.15, -0.1) is 0 Å². The lowest BCUT2D eigenvalue weighted by molar-refractivity contribution is -0.385. The van der Waals surface area contributed by atoms with Gasteiger partial charge >= 0.3 is 5.97 Å². The summed E-state index contributed by atoms with van der Waals surface area (Å²) in [4.78, 5) is 26.1. The summed E-state index contributed by atoms with van der Waals surface area (Å²) in [5.41, 5.74) is 1.52. The van der Waals surface area contributed by atoms with Crippen LogP contribution in [0.4, 0.5) is 5.69 Å². The van der Waals surface area contributed by atoms with Crippen molar-refractivity contribution >= 4 is 23.4 Å². The molecule has 0 aliphatic carbocycles. The van der Waals surface area contributed by atoms with Gasteiger partial charge in [0, 0.05) is 11.0 Å². The van der Waals surface area contributed by atoms with Crippen molar-refractivity contribution in [3.8, 4) is 0 Å². The van der Waals surface area contributed by atoms with E-state index in [2.05, 4.69) is 4.98 Å². The largest absolute Gasteiger partial charge is 0.478 e. The van der Waals surface area contributed by atoms with Crippen LogP contribution in [0.25, 0.3) is 0 Å². The monoisotopic (exact) mass is 304 g/mol. The highest BCUT2D eigenvalue weighted by atomic mass is 32.2. The molecule has 0 amide bonds. The number of carboxylic acid groups (broad SMARTS) is 1. The molecule has 0 unspecified atom stereocenters. The van der Waals surface area contributed by atoms with E-state index < -0.39 is 10.9 Å². The minimum Gasteiger partial charge on any atom is -0.478 e. The number of aromatic nitrogens is 1. The Morgan fingerprint density at radius 1 is 1.33 bits per heavy atom. The highest BCUT2D eigenvalue weighted by Crippen LogP contribution is 2.33. The molecule has 2 aromatic rings. The number of rotatable bonds is 4. The van der Waals surface area contributed by atoms with Crippen LogP contribution in [0.15, 0.2) is 40.4 Å². The van der Waals surface area contributed by atoms with Gasteiger partial charge in [-0.1, -0.05) is 23.9 Å². The summed E-state index contributed by atoms with van der Waals surface area (Å²) in [5, 5.41) is 20.1. The van der Waals surface area contributed by atoms with Crippen molar-refractivity contribution in [3.63, 3.8) is 0 Å². The summed E-state index contributed by atoms with van der Waals surface area (Å²) in [6.07, 6.45) is 1.07. The Labute approximate surface area is 125 Å². The predicted octanol–water partition coefficient (Wildman–Crippen LogP) is 3.46. The molecule has 0 aliphatic rings. The fraction of sp³-hybridized carbons (Fsp3) is 0.143. The minimum atomic E-state index is -1.24. The Morgan fingerprint density at radius 3 is 2.67 bits per heavy atom. The average molecular weight is 304 g/mol. The van der Waals surface area contributed by atoms with Crippen LogP contribution in [-0.4, -0.2) is 21.0 Å². The van der Waals surface area contributed by atoms with Crippen LogP contribution >= 0.6 is 11.8 Å². The first-order chi connectivity index (χ1) is 9.88. The van der Waals surface area contributed by atoms with E-state index in [1.165, 1.54) is 11.8 Å². The van der Waals surface area contributed by atoms with Gasteiger partial charge in [-0.25, -0.2) is 9.78 Å². The highest BCUT2D eigenvalue weighted by molar-refractivity contribution is 7.99. The number of hydrogen-bond donors (Lipinski definition) is 1. The van der Waals surface area contributed by atoms with Crippen LogP contribution < -0.4 is 0 Å². The van der Waals surface area contributed by atoms with E-state index in [0.717, 1.165) is 28.3 Å². The fourth-order valence-corrected chi connectivity index (χ4v) is 2.74. The highest BCUT2D eigenvalue weighted by Gasteiger charge is 2.18.